The third-order valence-corrected chi connectivity index (χ3v) is 4.77. The summed E-state index contributed by atoms with van der Waals surface area (Å²) in [5.41, 5.74) is 0.488. The maximum absolute atomic E-state index is 13.9. The molecule has 25 heavy (non-hydrogen) atoms. The van der Waals surface area contributed by atoms with Crippen LogP contribution in [-0.2, 0) is 16.1 Å². The number of hydrogen-bond acceptors (Lipinski definition) is 3. The highest BCUT2D eigenvalue weighted by atomic mass is 35.5. The fourth-order valence-electron chi connectivity index (χ4n) is 2.96. The van der Waals surface area contributed by atoms with Gasteiger partial charge in [0, 0.05) is 50.2 Å². The summed E-state index contributed by atoms with van der Waals surface area (Å²) in [4.78, 5) is 27.8. The van der Waals surface area contributed by atoms with Crippen LogP contribution >= 0.6 is 11.6 Å². The molecule has 7 heteroatoms. The van der Waals surface area contributed by atoms with Crippen LogP contribution in [0.4, 0.5) is 4.39 Å². The van der Waals surface area contributed by atoms with Crippen molar-refractivity contribution in [2.45, 2.75) is 33.4 Å². The third kappa shape index (κ3) is 5.16. The molecular weight excluding hydrogens is 345 g/mol. The van der Waals surface area contributed by atoms with Crippen LogP contribution in [0.3, 0.4) is 0 Å². The molecule has 1 atom stereocenters. The van der Waals surface area contributed by atoms with Crippen molar-refractivity contribution in [2.24, 2.45) is 5.92 Å². The van der Waals surface area contributed by atoms with E-state index in [4.69, 9.17) is 11.6 Å². The van der Waals surface area contributed by atoms with Gasteiger partial charge in [0.1, 0.15) is 11.9 Å². The van der Waals surface area contributed by atoms with E-state index >= 15 is 0 Å². The van der Waals surface area contributed by atoms with E-state index in [1.54, 1.807) is 17.0 Å². The number of carbonyl (C=O) groups excluding carboxylic acids is 2. The van der Waals surface area contributed by atoms with E-state index in [0.29, 0.717) is 43.3 Å². The lowest BCUT2D eigenvalue weighted by Gasteiger charge is -2.37. The highest BCUT2D eigenvalue weighted by Crippen LogP contribution is 2.21. The fourth-order valence-corrected chi connectivity index (χ4v) is 3.19. The van der Waals surface area contributed by atoms with Gasteiger partial charge in [0.2, 0.25) is 11.8 Å². The second-order valence-electron chi connectivity index (χ2n) is 6.72. The van der Waals surface area contributed by atoms with Gasteiger partial charge in [0.25, 0.3) is 0 Å². The molecule has 0 bridgehead atoms. The van der Waals surface area contributed by atoms with Crippen molar-refractivity contribution in [3.63, 3.8) is 0 Å². The zero-order chi connectivity index (χ0) is 18.6. The van der Waals surface area contributed by atoms with Crippen molar-refractivity contribution in [2.75, 3.05) is 26.2 Å². The fraction of sp³-hybridized carbons (Fsp3) is 0.556. The molecule has 0 spiro atoms. The number of benzene rings is 1. The van der Waals surface area contributed by atoms with Crippen LogP contribution in [0.25, 0.3) is 0 Å². The molecule has 1 aliphatic heterocycles. The van der Waals surface area contributed by atoms with E-state index in [9.17, 15) is 14.0 Å². The summed E-state index contributed by atoms with van der Waals surface area (Å²) >= 11 is 6.08. The molecule has 0 unspecified atom stereocenters. The van der Waals surface area contributed by atoms with E-state index < -0.39 is 6.04 Å². The second kappa shape index (κ2) is 8.63. The lowest BCUT2D eigenvalue weighted by atomic mass is 10.0. The number of nitrogens with zero attached hydrogens (tertiary/aromatic N) is 2. The van der Waals surface area contributed by atoms with Gasteiger partial charge in [-0.25, -0.2) is 4.39 Å². The second-order valence-corrected chi connectivity index (χ2v) is 7.13. The quantitative estimate of drug-likeness (QED) is 0.866. The predicted octanol–water partition coefficient (Wildman–Crippen LogP) is 2.28. The summed E-state index contributed by atoms with van der Waals surface area (Å²) in [5, 5.41) is 3.15. The van der Waals surface area contributed by atoms with Crippen molar-refractivity contribution < 1.29 is 14.0 Å². The summed E-state index contributed by atoms with van der Waals surface area (Å²) in [6.45, 7) is 8.04. The maximum atomic E-state index is 13.9. The molecule has 138 valence electrons. The molecule has 1 N–H and O–H groups in total. The van der Waals surface area contributed by atoms with Gasteiger partial charge in [0.15, 0.2) is 0 Å². The van der Waals surface area contributed by atoms with Gasteiger partial charge in [-0.15, -0.1) is 0 Å². The number of piperazine rings is 1. The highest BCUT2D eigenvalue weighted by Gasteiger charge is 2.30. The lowest BCUT2D eigenvalue weighted by molar-refractivity contribution is -0.138. The van der Waals surface area contributed by atoms with Crippen LogP contribution in [-0.4, -0.2) is 53.8 Å². The molecule has 0 saturated carbocycles. The molecule has 1 aromatic rings. The van der Waals surface area contributed by atoms with Gasteiger partial charge in [0.05, 0.1) is 0 Å². The Labute approximate surface area is 153 Å². The Hall–Kier alpha value is -1.66. The minimum atomic E-state index is -0.509. The van der Waals surface area contributed by atoms with Crippen LogP contribution < -0.4 is 5.32 Å². The first-order valence-corrected chi connectivity index (χ1v) is 8.88. The molecule has 1 aliphatic rings. The predicted molar refractivity (Wildman–Crippen MR) is 95.7 cm³/mol. The third-order valence-electron chi connectivity index (χ3n) is 4.42. The Bertz CT molecular complexity index is 610. The van der Waals surface area contributed by atoms with E-state index in [0.717, 1.165) is 0 Å². The van der Waals surface area contributed by atoms with E-state index in [-0.39, 0.29) is 23.5 Å². The molecule has 1 fully saturated rings. The minimum absolute atomic E-state index is 0.0200. The van der Waals surface area contributed by atoms with Crippen LogP contribution in [0.2, 0.25) is 5.02 Å². The number of rotatable bonds is 5. The SMILES string of the molecule is CC(=O)N[C@@H](C(=O)N1CCN(Cc2c(F)cccc2Cl)CC1)C(C)C. The van der Waals surface area contributed by atoms with Gasteiger partial charge in [-0.2, -0.15) is 0 Å². The van der Waals surface area contributed by atoms with Crippen molar-refractivity contribution >= 4 is 23.4 Å². The standard InChI is InChI=1S/C18H25ClFN3O2/c1-12(2)17(21-13(3)24)18(25)23-9-7-22(8-10-23)11-14-15(19)5-4-6-16(14)20/h4-6,12,17H,7-11H2,1-3H3,(H,21,24)/t17-/m1/s1. The van der Waals surface area contributed by atoms with E-state index in [1.165, 1.54) is 13.0 Å². The van der Waals surface area contributed by atoms with Crippen molar-refractivity contribution in [1.82, 2.24) is 15.1 Å². The van der Waals surface area contributed by atoms with Gasteiger partial charge >= 0.3 is 0 Å². The summed E-state index contributed by atoms with van der Waals surface area (Å²) in [6.07, 6.45) is 0. The molecule has 0 aliphatic carbocycles. The molecule has 0 aromatic heterocycles. The number of nitrogens with one attached hydrogen (secondary N) is 1. The van der Waals surface area contributed by atoms with Crippen LogP contribution in [0.1, 0.15) is 26.3 Å². The van der Waals surface area contributed by atoms with Gasteiger partial charge < -0.3 is 10.2 Å². The van der Waals surface area contributed by atoms with Gasteiger partial charge in [-0.3, -0.25) is 14.5 Å². The monoisotopic (exact) mass is 369 g/mol. The summed E-state index contributed by atoms with van der Waals surface area (Å²) in [7, 11) is 0. The zero-order valence-corrected chi connectivity index (χ0v) is 15.6. The smallest absolute Gasteiger partial charge is 0.245 e. The van der Waals surface area contributed by atoms with Crippen LogP contribution in [0, 0.1) is 11.7 Å². The minimum Gasteiger partial charge on any atom is -0.344 e. The molecule has 1 heterocycles. The largest absolute Gasteiger partial charge is 0.344 e. The number of amides is 2. The number of halogens is 2. The average Bonchev–Trinajstić information content (AvgIpc) is 2.56. The summed E-state index contributed by atoms with van der Waals surface area (Å²) in [5.74, 6) is -0.558. The zero-order valence-electron chi connectivity index (χ0n) is 14.9. The van der Waals surface area contributed by atoms with Gasteiger partial charge in [-0.05, 0) is 18.1 Å². The van der Waals surface area contributed by atoms with Crippen LogP contribution in [0.5, 0.6) is 0 Å². The van der Waals surface area contributed by atoms with Crippen molar-refractivity contribution in [3.8, 4) is 0 Å². The molecule has 1 saturated heterocycles. The Morgan fingerprint density at radius 1 is 1.24 bits per heavy atom. The maximum Gasteiger partial charge on any atom is 0.245 e. The van der Waals surface area contributed by atoms with Crippen molar-refractivity contribution in [3.05, 3.63) is 34.6 Å². The van der Waals surface area contributed by atoms with E-state index in [1.807, 2.05) is 13.8 Å². The molecule has 5 nitrogen and oxygen atoms in total. The first-order chi connectivity index (χ1) is 11.8. The molecular formula is C18H25ClFN3O2. The van der Waals surface area contributed by atoms with Crippen molar-refractivity contribution in [1.29, 1.82) is 0 Å². The molecule has 2 rings (SSSR count). The molecule has 2 amide bonds. The number of hydrogen-bond donors (Lipinski definition) is 1. The Kier molecular flexibility index (Phi) is 6.79. The summed E-state index contributed by atoms with van der Waals surface area (Å²) in [6, 6.07) is 4.17. The Morgan fingerprint density at radius 3 is 2.40 bits per heavy atom. The first kappa shape index (κ1) is 19.7. The molecule has 1 aromatic carbocycles. The van der Waals surface area contributed by atoms with Crippen LogP contribution in [0.15, 0.2) is 18.2 Å². The summed E-state index contributed by atoms with van der Waals surface area (Å²) < 4.78 is 13.9. The Morgan fingerprint density at radius 2 is 1.88 bits per heavy atom. The lowest BCUT2D eigenvalue weighted by Crippen LogP contribution is -2.56. The number of carbonyl (C=O) groups is 2. The highest BCUT2D eigenvalue weighted by molar-refractivity contribution is 6.31. The molecule has 0 radical (unpaired) electrons. The first-order valence-electron chi connectivity index (χ1n) is 8.50. The average molecular weight is 370 g/mol. The normalized spacial score (nSPS) is 16.8. The van der Waals surface area contributed by atoms with E-state index in [2.05, 4.69) is 10.2 Å². The Balaban J connectivity index is 1.94. The van der Waals surface area contributed by atoms with Gasteiger partial charge in [-0.1, -0.05) is 31.5 Å². The topological polar surface area (TPSA) is 52.7 Å².